The normalized spacial score (nSPS) is 13.3. The number of benzene rings is 3. The quantitative estimate of drug-likeness (QED) is 0.299. The van der Waals surface area contributed by atoms with Gasteiger partial charge in [-0.25, -0.2) is 0 Å². The van der Waals surface area contributed by atoms with Crippen LogP contribution in [0.1, 0.15) is 34.8 Å². The van der Waals surface area contributed by atoms with E-state index < -0.39 is 0 Å². The molecule has 0 aliphatic carbocycles. The minimum Gasteiger partial charge on any atom is -0.494 e. The summed E-state index contributed by atoms with van der Waals surface area (Å²) in [4.78, 5) is 29.5. The summed E-state index contributed by atoms with van der Waals surface area (Å²) in [6, 6.07) is 16.7. The molecule has 3 aromatic rings. The first-order valence-electron chi connectivity index (χ1n) is 13.0. The summed E-state index contributed by atoms with van der Waals surface area (Å²) >= 11 is 10.1. The van der Waals surface area contributed by atoms with Crippen molar-refractivity contribution < 1.29 is 19.1 Å². The van der Waals surface area contributed by atoms with E-state index in [0.29, 0.717) is 54.8 Å². The van der Waals surface area contributed by atoms with Gasteiger partial charge in [-0.15, -0.1) is 0 Å². The van der Waals surface area contributed by atoms with E-state index in [1.54, 1.807) is 6.07 Å². The number of carbonyl (C=O) groups excluding carboxylic acids is 2. The maximum atomic E-state index is 13.0. The van der Waals surface area contributed by atoms with Gasteiger partial charge in [-0.1, -0.05) is 24.6 Å². The Labute approximate surface area is 243 Å². The lowest BCUT2D eigenvalue weighted by Crippen LogP contribution is -2.48. The van der Waals surface area contributed by atoms with Crippen molar-refractivity contribution in [1.82, 2.24) is 4.90 Å². The minimum absolute atomic E-state index is 0.0101. The highest BCUT2D eigenvalue weighted by atomic mass is 79.9. The molecule has 2 amide bonds. The molecule has 7 nitrogen and oxygen atoms in total. The summed E-state index contributed by atoms with van der Waals surface area (Å²) in [5.41, 5.74) is 4.19. The SMILES string of the molecule is CCCOc1ccc(C(=O)N2CCN(c3ccc(NC(=O)COc4c(C)cc(C)cc4Br)cc3Cl)CC2)cc1. The number of hydrogen-bond donors (Lipinski definition) is 1. The predicted octanol–water partition coefficient (Wildman–Crippen LogP) is 6.49. The molecule has 0 aromatic heterocycles. The van der Waals surface area contributed by atoms with Gasteiger partial charge in [-0.2, -0.15) is 0 Å². The van der Waals surface area contributed by atoms with Crippen LogP contribution < -0.4 is 19.7 Å². The van der Waals surface area contributed by atoms with Crippen LogP contribution in [0.25, 0.3) is 0 Å². The van der Waals surface area contributed by atoms with Gasteiger partial charge in [0.15, 0.2) is 6.61 Å². The molecule has 3 aromatic carbocycles. The molecule has 1 N–H and O–H groups in total. The molecular weight excluding hydrogens is 582 g/mol. The topological polar surface area (TPSA) is 71.1 Å². The third kappa shape index (κ3) is 7.46. The van der Waals surface area contributed by atoms with E-state index in [1.165, 1.54) is 0 Å². The van der Waals surface area contributed by atoms with E-state index in [9.17, 15) is 9.59 Å². The molecule has 1 fully saturated rings. The van der Waals surface area contributed by atoms with Crippen LogP contribution in [0.2, 0.25) is 5.02 Å². The number of anilines is 2. The average Bonchev–Trinajstić information content (AvgIpc) is 2.91. The largest absolute Gasteiger partial charge is 0.494 e. The van der Waals surface area contributed by atoms with Crippen molar-refractivity contribution >= 4 is 50.7 Å². The van der Waals surface area contributed by atoms with Gasteiger partial charge in [0.2, 0.25) is 0 Å². The van der Waals surface area contributed by atoms with E-state index >= 15 is 0 Å². The molecule has 1 aliphatic rings. The molecule has 0 radical (unpaired) electrons. The molecule has 1 saturated heterocycles. The number of hydrogen-bond acceptors (Lipinski definition) is 5. The Morgan fingerprint density at radius 2 is 1.69 bits per heavy atom. The van der Waals surface area contributed by atoms with Crippen molar-refractivity contribution in [2.45, 2.75) is 27.2 Å². The van der Waals surface area contributed by atoms with Crippen molar-refractivity contribution in [2.24, 2.45) is 0 Å². The highest BCUT2D eigenvalue weighted by molar-refractivity contribution is 9.10. The smallest absolute Gasteiger partial charge is 0.262 e. The Bertz CT molecular complexity index is 1300. The predicted molar refractivity (Wildman–Crippen MR) is 160 cm³/mol. The zero-order valence-electron chi connectivity index (χ0n) is 22.4. The number of rotatable bonds is 9. The fourth-order valence-corrected chi connectivity index (χ4v) is 5.60. The van der Waals surface area contributed by atoms with Crippen LogP contribution in [0.5, 0.6) is 11.5 Å². The Balaban J connectivity index is 1.29. The summed E-state index contributed by atoms with van der Waals surface area (Å²) in [6.45, 7) is 9.05. The lowest BCUT2D eigenvalue weighted by Gasteiger charge is -2.36. The van der Waals surface area contributed by atoms with E-state index in [4.69, 9.17) is 21.1 Å². The molecule has 0 saturated carbocycles. The average molecular weight is 615 g/mol. The third-order valence-electron chi connectivity index (χ3n) is 6.43. The molecule has 0 spiro atoms. The standard InChI is InChI=1S/C30H33BrClN3O4/c1-4-15-38-24-8-5-22(6-9-24)30(37)35-13-11-34(12-14-35)27-10-7-23(18-26(27)32)33-28(36)19-39-29-21(3)16-20(2)17-25(29)31/h5-10,16-18H,4,11-15,19H2,1-3H3,(H,33,36). The number of halogens is 2. The van der Waals surface area contributed by atoms with Gasteiger partial charge < -0.3 is 24.6 Å². The molecule has 0 unspecified atom stereocenters. The zero-order chi connectivity index (χ0) is 27.9. The number of piperazine rings is 1. The first-order valence-corrected chi connectivity index (χ1v) is 14.2. The Morgan fingerprint density at radius 1 is 0.974 bits per heavy atom. The molecule has 39 heavy (non-hydrogen) atoms. The van der Waals surface area contributed by atoms with Crippen LogP contribution in [-0.2, 0) is 4.79 Å². The Hall–Kier alpha value is -3.23. The van der Waals surface area contributed by atoms with Crippen LogP contribution in [0, 0.1) is 13.8 Å². The molecule has 0 atom stereocenters. The second-order valence-corrected chi connectivity index (χ2v) is 10.8. The number of nitrogens with one attached hydrogen (secondary N) is 1. The van der Waals surface area contributed by atoms with Crippen LogP contribution in [0.4, 0.5) is 11.4 Å². The van der Waals surface area contributed by atoms with Crippen LogP contribution in [-0.4, -0.2) is 56.1 Å². The monoisotopic (exact) mass is 613 g/mol. The van der Waals surface area contributed by atoms with Crippen molar-refractivity contribution in [3.63, 3.8) is 0 Å². The Morgan fingerprint density at radius 3 is 2.33 bits per heavy atom. The van der Waals surface area contributed by atoms with Crippen molar-refractivity contribution in [3.8, 4) is 11.5 Å². The maximum Gasteiger partial charge on any atom is 0.262 e. The number of nitrogens with zero attached hydrogens (tertiary/aromatic N) is 2. The van der Waals surface area contributed by atoms with Crippen molar-refractivity contribution in [1.29, 1.82) is 0 Å². The molecule has 206 valence electrons. The molecule has 0 bridgehead atoms. The number of carbonyl (C=O) groups is 2. The van der Waals surface area contributed by atoms with Gasteiger partial charge in [0.1, 0.15) is 11.5 Å². The van der Waals surface area contributed by atoms with Gasteiger partial charge >= 0.3 is 0 Å². The summed E-state index contributed by atoms with van der Waals surface area (Å²) in [6.07, 6.45) is 0.938. The van der Waals surface area contributed by atoms with E-state index in [0.717, 1.165) is 33.5 Å². The maximum absolute atomic E-state index is 13.0. The highest BCUT2D eigenvalue weighted by Crippen LogP contribution is 2.31. The lowest BCUT2D eigenvalue weighted by molar-refractivity contribution is -0.118. The number of ether oxygens (including phenoxy) is 2. The third-order valence-corrected chi connectivity index (χ3v) is 7.33. The highest BCUT2D eigenvalue weighted by Gasteiger charge is 2.23. The van der Waals surface area contributed by atoms with E-state index in [2.05, 4.69) is 33.1 Å². The second kappa shape index (κ2) is 13.2. The van der Waals surface area contributed by atoms with Gasteiger partial charge in [0.05, 0.1) is 21.8 Å². The minimum atomic E-state index is -0.275. The summed E-state index contributed by atoms with van der Waals surface area (Å²) < 4.78 is 12.2. The lowest BCUT2D eigenvalue weighted by atomic mass is 10.1. The molecular formula is C30H33BrClN3O4. The van der Waals surface area contributed by atoms with Crippen molar-refractivity contribution in [2.75, 3.05) is 49.6 Å². The van der Waals surface area contributed by atoms with Gasteiger partial charge in [0, 0.05) is 37.4 Å². The zero-order valence-corrected chi connectivity index (χ0v) is 24.8. The van der Waals surface area contributed by atoms with Crippen LogP contribution in [0.3, 0.4) is 0 Å². The summed E-state index contributed by atoms with van der Waals surface area (Å²) in [5, 5.41) is 3.38. The van der Waals surface area contributed by atoms with E-state index in [-0.39, 0.29) is 18.4 Å². The Kier molecular flexibility index (Phi) is 9.75. The molecule has 4 rings (SSSR count). The van der Waals surface area contributed by atoms with Gasteiger partial charge in [-0.3, -0.25) is 9.59 Å². The molecule has 1 heterocycles. The van der Waals surface area contributed by atoms with Crippen molar-refractivity contribution in [3.05, 3.63) is 80.8 Å². The van der Waals surface area contributed by atoms with Gasteiger partial charge in [-0.05, 0) is 95.9 Å². The van der Waals surface area contributed by atoms with Crippen LogP contribution >= 0.6 is 27.5 Å². The summed E-state index contributed by atoms with van der Waals surface area (Å²) in [7, 11) is 0. The molecule has 1 aliphatic heterocycles. The fourth-order valence-electron chi connectivity index (χ4n) is 4.51. The van der Waals surface area contributed by atoms with E-state index in [1.807, 2.05) is 67.3 Å². The van der Waals surface area contributed by atoms with Gasteiger partial charge in [0.25, 0.3) is 11.8 Å². The van der Waals surface area contributed by atoms with Crippen LogP contribution in [0.15, 0.2) is 59.1 Å². The number of amides is 2. The fraction of sp³-hybridized carbons (Fsp3) is 0.333. The first-order chi connectivity index (χ1) is 18.7. The molecule has 9 heteroatoms. The summed E-state index contributed by atoms with van der Waals surface area (Å²) in [5.74, 6) is 1.16. The first kappa shape index (κ1) is 28.8. The number of aryl methyl sites for hydroxylation is 2. The second-order valence-electron chi connectivity index (χ2n) is 9.55.